The van der Waals surface area contributed by atoms with Gasteiger partial charge in [-0.05, 0) is 104 Å². The lowest BCUT2D eigenvalue weighted by molar-refractivity contribution is -0.135. The van der Waals surface area contributed by atoms with Crippen molar-refractivity contribution in [2.75, 3.05) is 0 Å². The molecule has 4 unspecified atom stereocenters. The number of hydrogen-bond donors (Lipinski definition) is 2. The fourth-order valence-electron chi connectivity index (χ4n) is 8.42. The Morgan fingerprint density at radius 2 is 1.74 bits per heavy atom. The molecule has 0 aliphatic heterocycles. The fourth-order valence-corrected chi connectivity index (χ4v) is 8.42. The molecule has 0 saturated heterocycles. The molecule has 3 saturated carbocycles. The molecule has 0 bridgehead atoms. The standard InChI is InChI=1S/C28H46O3/c1-16(2)17(3)13-24(30)18(4)21-7-8-22-26-23(10-12-28(21,22)6)27(5)11-9-20(29)14-19(27)15-25(26)31/h15-18,20-24,26,29-30H,7-14H2,1-6H3/t17-,18-,20-,21?,22?,23?,24+,26?,27-,28+/m0/s1. The topological polar surface area (TPSA) is 57.5 Å². The molecule has 4 aliphatic carbocycles. The molecule has 0 radical (unpaired) electrons. The van der Waals surface area contributed by atoms with Crippen LogP contribution in [-0.2, 0) is 4.79 Å². The van der Waals surface area contributed by atoms with Gasteiger partial charge in [0.1, 0.15) is 0 Å². The zero-order valence-electron chi connectivity index (χ0n) is 20.7. The first-order valence-corrected chi connectivity index (χ1v) is 13.1. The summed E-state index contributed by atoms with van der Waals surface area (Å²) in [5, 5.41) is 21.3. The Bertz CT molecular complexity index is 726. The van der Waals surface area contributed by atoms with E-state index in [0.29, 0.717) is 41.8 Å². The Morgan fingerprint density at radius 1 is 1.03 bits per heavy atom. The largest absolute Gasteiger partial charge is 0.393 e. The molecule has 0 aromatic carbocycles. The summed E-state index contributed by atoms with van der Waals surface area (Å²) in [6.07, 6.45) is 9.46. The molecule has 176 valence electrons. The van der Waals surface area contributed by atoms with E-state index in [1.807, 2.05) is 6.08 Å². The summed E-state index contributed by atoms with van der Waals surface area (Å²) in [5.74, 6) is 3.29. The molecular formula is C28H46O3. The Morgan fingerprint density at radius 3 is 2.42 bits per heavy atom. The van der Waals surface area contributed by atoms with Crippen LogP contribution < -0.4 is 0 Å². The second kappa shape index (κ2) is 8.28. The van der Waals surface area contributed by atoms with Crippen molar-refractivity contribution in [2.24, 2.45) is 52.3 Å². The van der Waals surface area contributed by atoms with Crippen molar-refractivity contribution in [3.05, 3.63) is 11.6 Å². The van der Waals surface area contributed by atoms with Gasteiger partial charge in [0.2, 0.25) is 0 Å². The van der Waals surface area contributed by atoms with Gasteiger partial charge >= 0.3 is 0 Å². The van der Waals surface area contributed by atoms with Gasteiger partial charge in [0.15, 0.2) is 5.78 Å². The molecule has 3 fully saturated rings. The van der Waals surface area contributed by atoms with Gasteiger partial charge in [-0.2, -0.15) is 0 Å². The van der Waals surface area contributed by atoms with E-state index in [-0.39, 0.29) is 34.9 Å². The minimum absolute atomic E-state index is 0.0923. The van der Waals surface area contributed by atoms with E-state index < -0.39 is 0 Å². The van der Waals surface area contributed by atoms with Crippen LogP contribution >= 0.6 is 0 Å². The van der Waals surface area contributed by atoms with Gasteiger partial charge in [0.25, 0.3) is 0 Å². The maximum Gasteiger partial charge on any atom is 0.159 e. The smallest absolute Gasteiger partial charge is 0.159 e. The van der Waals surface area contributed by atoms with Crippen molar-refractivity contribution in [1.82, 2.24) is 0 Å². The number of ketones is 1. The molecule has 31 heavy (non-hydrogen) atoms. The van der Waals surface area contributed by atoms with Gasteiger partial charge in [-0.3, -0.25) is 4.79 Å². The molecule has 0 heterocycles. The molecule has 4 rings (SSSR count). The molecule has 3 heteroatoms. The number of aliphatic hydroxyl groups is 2. The Balaban J connectivity index is 1.56. The zero-order chi connectivity index (χ0) is 22.7. The number of fused-ring (bicyclic) bond motifs is 5. The predicted octanol–water partition coefficient (Wildman–Crippen LogP) is 5.78. The lowest BCUT2D eigenvalue weighted by Crippen LogP contribution is -2.54. The van der Waals surface area contributed by atoms with Gasteiger partial charge in [-0.15, -0.1) is 0 Å². The third-order valence-corrected chi connectivity index (χ3v) is 11.0. The van der Waals surface area contributed by atoms with Crippen LogP contribution in [0.15, 0.2) is 11.6 Å². The first-order valence-electron chi connectivity index (χ1n) is 13.1. The number of carbonyl (C=O) groups is 1. The number of rotatable bonds is 5. The van der Waals surface area contributed by atoms with Crippen molar-refractivity contribution in [2.45, 2.75) is 105 Å². The third kappa shape index (κ3) is 3.76. The van der Waals surface area contributed by atoms with E-state index >= 15 is 0 Å². The normalized spacial score (nSPS) is 45.4. The molecular weight excluding hydrogens is 384 g/mol. The van der Waals surface area contributed by atoms with Gasteiger partial charge in [0, 0.05) is 5.92 Å². The molecule has 4 aliphatic rings. The highest BCUT2D eigenvalue weighted by Crippen LogP contribution is 2.66. The molecule has 0 spiro atoms. The second-order valence-electron chi connectivity index (χ2n) is 12.7. The zero-order valence-corrected chi connectivity index (χ0v) is 20.7. The van der Waals surface area contributed by atoms with Crippen LogP contribution in [0.25, 0.3) is 0 Å². The van der Waals surface area contributed by atoms with E-state index in [4.69, 9.17) is 0 Å². The minimum atomic E-state index is -0.274. The highest BCUT2D eigenvalue weighted by atomic mass is 16.3. The monoisotopic (exact) mass is 430 g/mol. The summed E-state index contributed by atoms with van der Waals surface area (Å²) < 4.78 is 0. The van der Waals surface area contributed by atoms with Crippen LogP contribution in [0, 0.1) is 52.3 Å². The lowest BCUT2D eigenvalue weighted by atomic mass is 9.46. The maximum atomic E-state index is 13.4. The van der Waals surface area contributed by atoms with Gasteiger partial charge < -0.3 is 10.2 Å². The van der Waals surface area contributed by atoms with E-state index in [1.165, 1.54) is 12.0 Å². The van der Waals surface area contributed by atoms with Gasteiger partial charge in [0.05, 0.1) is 12.2 Å². The lowest BCUT2D eigenvalue weighted by Gasteiger charge is -2.57. The van der Waals surface area contributed by atoms with Crippen LogP contribution in [0.5, 0.6) is 0 Å². The van der Waals surface area contributed by atoms with Crippen LogP contribution in [-0.4, -0.2) is 28.2 Å². The van der Waals surface area contributed by atoms with Crippen LogP contribution in [0.3, 0.4) is 0 Å². The summed E-state index contributed by atoms with van der Waals surface area (Å²) in [6.45, 7) is 13.9. The van der Waals surface area contributed by atoms with Gasteiger partial charge in [-0.1, -0.05) is 47.1 Å². The Labute approximate surface area is 190 Å². The Kier molecular flexibility index (Phi) is 6.27. The summed E-state index contributed by atoms with van der Waals surface area (Å²) >= 11 is 0. The fraction of sp³-hybridized carbons (Fsp3) is 0.893. The molecule has 0 aromatic heterocycles. The first-order chi connectivity index (χ1) is 14.5. The van der Waals surface area contributed by atoms with Crippen molar-refractivity contribution < 1.29 is 15.0 Å². The number of allylic oxidation sites excluding steroid dienone is 1. The quantitative estimate of drug-likeness (QED) is 0.581. The summed E-state index contributed by atoms with van der Waals surface area (Å²) in [7, 11) is 0. The average molecular weight is 431 g/mol. The van der Waals surface area contributed by atoms with E-state index in [1.54, 1.807) is 0 Å². The first kappa shape index (κ1) is 23.5. The molecule has 10 atom stereocenters. The van der Waals surface area contributed by atoms with Crippen molar-refractivity contribution in [3.8, 4) is 0 Å². The number of carbonyl (C=O) groups excluding carboxylic acids is 1. The van der Waals surface area contributed by atoms with Crippen molar-refractivity contribution >= 4 is 5.78 Å². The maximum absolute atomic E-state index is 13.4. The SMILES string of the molecule is CC(C)[C@@H](C)C[C@@H](O)[C@@H](C)C1CCC2C3C(=O)C=C4C[C@@H](O)CC[C@]4(C)C3CC[C@@]21C. The Hall–Kier alpha value is -0.670. The number of hydrogen-bond acceptors (Lipinski definition) is 3. The highest BCUT2D eigenvalue weighted by Gasteiger charge is 2.61. The molecule has 3 nitrogen and oxygen atoms in total. The number of aliphatic hydroxyl groups excluding tert-OH is 2. The summed E-state index contributed by atoms with van der Waals surface area (Å²) in [4.78, 5) is 13.4. The third-order valence-electron chi connectivity index (χ3n) is 11.0. The minimum Gasteiger partial charge on any atom is -0.393 e. The van der Waals surface area contributed by atoms with Crippen LogP contribution in [0.4, 0.5) is 0 Å². The van der Waals surface area contributed by atoms with Crippen LogP contribution in [0.2, 0.25) is 0 Å². The van der Waals surface area contributed by atoms with Crippen molar-refractivity contribution in [3.63, 3.8) is 0 Å². The second-order valence-corrected chi connectivity index (χ2v) is 12.7. The van der Waals surface area contributed by atoms with E-state index in [0.717, 1.165) is 38.5 Å². The van der Waals surface area contributed by atoms with Gasteiger partial charge in [-0.25, -0.2) is 0 Å². The van der Waals surface area contributed by atoms with E-state index in [9.17, 15) is 15.0 Å². The highest BCUT2D eigenvalue weighted by molar-refractivity contribution is 5.94. The van der Waals surface area contributed by atoms with Crippen molar-refractivity contribution in [1.29, 1.82) is 0 Å². The van der Waals surface area contributed by atoms with E-state index in [2.05, 4.69) is 41.5 Å². The average Bonchev–Trinajstić information content (AvgIpc) is 3.05. The molecule has 0 amide bonds. The summed E-state index contributed by atoms with van der Waals surface area (Å²) in [6, 6.07) is 0. The molecule has 2 N–H and O–H groups in total. The van der Waals surface area contributed by atoms with Crippen LogP contribution in [0.1, 0.15) is 92.9 Å². The summed E-state index contributed by atoms with van der Waals surface area (Å²) in [5.41, 5.74) is 1.48. The predicted molar refractivity (Wildman–Crippen MR) is 125 cm³/mol. The molecule has 0 aromatic rings.